The van der Waals surface area contributed by atoms with Crippen LogP contribution in [0.3, 0.4) is 0 Å². The summed E-state index contributed by atoms with van der Waals surface area (Å²) in [7, 11) is 2.30. The number of imidazole rings is 1. The molecule has 3 heterocycles. The highest BCUT2D eigenvalue weighted by Gasteiger charge is 2.47. The summed E-state index contributed by atoms with van der Waals surface area (Å²) >= 11 is 6.15. The second-order valence-electron chi connectivity index (χ2n) is 8.46. The number of aromatic amines is 1. The summed E-state index contributed by atoms with van der Waals surface area (Å²) in [6.45, 7) is 4.33. The normalized spacial score (nSPS) is 28.1. The van der Waals surface area contributed by atoms with E-state index in [1.165, 1.54) is 36.0 Å². The lowest BCUT2D eigenvalue weighted by Gasteiger charge is -2.42. The number of fused-ring (bicyclic) bond motifs is 3. The summed E-state index contributed by atoms with van der Waals surface area (Å²) in [5.41, 5.74) is 6.25. The number of likely N-dealkylation sites (N-methyl/N-ethyl adjacent to an activating group) is 1. The predicted molar refractivity (Wildman–Crippen MR) is 112 cm³/mol. The fourth-order valence-electron chi connectivity index (χ4n) is 5.34. The molecule has 2 fully saturated rings. The van der Waals surface area contributed by atoms with Gasteiger partial charge in [-0.25, -0.2) is 4.98 Å². The van der Waals surface area contributed by atoms with Crippen LogP contribution in [0.15, 0.2) is 36.4 Å². The number of piperidine rings is 1. The van der Waals surface area contributed by atoms with Gasteiger partial charge in [-0.3, -0.25) is 4.90 Å². The number of hydrogen-bond donors (Lipinski definition) is 1. The molecule has 1 aromatic heterocycles. The molecular weight excluding hydrogens is 354 g/mol. The molecule has 5 rings (SSSR count). The third-order valence-corrected chi connectivity index (χ3v) is 7.25. The summed E-state index contributed by atoms with van der Waals surface area (Å²) in [5.74, 6) is 2.02. The summed E-state index contributed by atoms with van der Waals surface area (Å²) in [6.07, 6.45) is 3.74. The first-order valence-corrected chi connectivity index (χ1v) is 10.3. The molecule has 4 atom stereocenters. The average molecular weight is 380 g/mol. The smallest absolute Gasteiger partial charge is 0.112 e. The lowest BCUT2D eigenvalue weighted by atomic mass is 9.76. The summed E-state index contributed by atoms with van der Waals surface area (Å²) < 4.78 is 0. The van der Waals surface area contributed by atoms with E-state index < -0.39 is 0 Å². The maximum absolute atomic E-state index is 6.15. The Hall–Kier alpha value is -1.84. The molecule has 0 unspecified atom stereocenters. The molecule has 2 aliphatic heterocycles. The van der Waals surface area contributed by atoms with Gasteiger partial charge in [0.15, 0.2) is 0 Å². The van der Waals surface area contributed by atoms with Crippen molar-refractivity contribution in [3.05, 3.63) is 63.9 Å². The van der Waals surface area contributed by atoms with Crippen LogP contribution in [-0.2, 0) is 0 Å². The third-order valence-electron chi connectivity index (χ3n) is 7.00. The maximum atomic E-state index is 6.15. The number of benzene rings is 2. The molecule has 2 aliphatic rings. The van der Waals surface area contributed by atoms with Crippen LogP contribution in [-0.4, -0.2) is 34.0 Å². The van der Waals surface area contributed by atoms with Crippen LogP contribution < -0.4 is 0 Å². The molecule has 140 valence electrons. The second-order valence-corrected chi connectivity index (χ2v) is 8.90. The van der Waals surface area contributed by atoms with Gasteiger partial charge in [0.2, 0.25) is 0 Å². The van der Waals surface area contributed by atoms with Crippen LogP contribution in [0.4, 0.5) is 0 Å². The van der Waals surface area contributed by atoms with E-state index in [1.54, 1.807) is 0 Å². The van der Waals surface area contributed by atoms with Crippen LogP contribution in [0.5, 0.6) is 0 Å². The zero-order valence-corrected chi connectivity index (χ0v) is 16.9. The van der Waals surface area contributed by atoms with Crippen molar-refractivity contribution in [3.63, 3.8) is 0 Å². The fourth-order valence-corrected chi connectivity index (χ4v) is 5.47. The van der Waals surface area contributed by atoms with Crippen molar-refractivity contribution < 1.29 is 0 Å². The highest BCUT2D eigenvalue weighted by molar-refractivity contribution is 6.30. The Morgan fingerprint density at radius 1 is 1.07 bits per heavy atom. The van der Waals surface area contributed by atoms with Gasteiger partial charge in [-0.1, -0.05) is 23.7 Å². The van der Waals surface area contributed by atoms with Gasteiger partial charge in [0.25, 0.3) is 0 Å². The first kappa shape index (κ1) is 17.3. The molecule has 0 radical (unpaired) electrons. The molecule has 1 N–H and O–H groups in total. The molecule has 27 heavy (non-hydrogen) atoms. The van der Waals surface area contributed by atoms with Crippen LogP contribution in [0.1, 0.15) is 53.6 Å². The molecule has 2 aromatic carbocycles. The number of rotatable bonds is 2. The lowest BCUT2D eigenvalue weighted by molar-refractivity contribution is 0.134. The topological polar surface area (TPSA) is 31.9 Å². The van der Waals surface area contributed by atoms with Crippen LogP contribution in [0, 0.1) is 13.8 Å². The Morgan fingerprint density at radius 2 is 1.81 bits per heavy atom. The standard InChI is InChI=1S/C23H26ClN3/c1-13-10-19-20(11-14(13)2)26-23(25-19)22-18(15-4-6-16(24)7-5-15)12-17-8-9-21(22)27(17)3/h4-7,10-11,17-18,21-22H,8-9,12H2,1-3H3,(H,25,26)/t17-,18+,21+,22-/m0/s1. The minimum atomic E-state index is 0.392. The van der Waals surface area contributed by atoms with Gasteiger partial charge in [-0.2, -0.15) is 0 Å². The van der Waals surface area contributed by atoms with E-state index >= 15 is 0 Å². The zero-order valence-electron chi connectivity index (χ0n) is 16.2. The van der Waals surface area contributed by atoms with Crippen LogP contribution >= 0.6 is 11.6 Å². The van der Waals surface area contributed by atoms with E-state index in [2.05, 4.69) is 55.0 Å². The van der Waals surface area contributed by atoms with Gasteiger partial charge in [-0.15, -0.1) is 0 Å². The molecule has 3 aromatic rings. The Kier molecular flexibility index (Phi) is 4.06. The van der Waals surface area contributed by atoms with E-state index in [-0.39, 0.29) is 0 Å². The van der Waals surface area contributed by atoms with Crippen molar-refractivity contribution in [1.82, 2.24) is 14.9 Å². The second kappa shape index (κ2) is 6.35. The predicted octanol–water partition coefficient (Wildman–Crippen LogP) is 5.57. The van der Waals surface area contributed by atoms with Crippen molar-refractivity contribution in [3.8, 4) is 0 Å². The first-order chi connectivity index (χ1) is 13.0. The van der Waals surface area contributed by atoms with Gasteiger partial charge in [0.1, 0.15) is 5.82 Å². The highest BCUT2D eigenvalue weighted by Crippen LogP contribution is 2.50. The van der Waals surface area contributed by atoms with E-state index in [0.29, 0.717) is 23.9 Å². The SMILES string of the molecule is Cc1cc2nc([C@H]3[C@@H](c4ccc(Cl)cc4)C[C@@H]4CC[C@H]3N4C)[nH]c2cc1C. The Balaban J connectivity index is 1.62. The Bertz CT molecular complexity index is 952. The summed E-state index contributed by atoms with van der Waals surface area (Å²) in [5, 5.41) is 0.806. The van der Waals surface area contributed by atoms with Crippen molar-refractivity contribution in [2.75, 3.05) is 7.05 Å². The number of H-pyrrole nitrogens is 1. The van der Waals surface area contributed by atoms with Gasteiger partial charge in [0, 0.05) is 23.0 Å². The van der Waals surface area contributed by atoms with E-state index in [1.807, 2.05) is 12.1 Å². The van der Waals surface area contributed by atoms with Crippen molar-refractivity contribution in [2.24, 2.45) is 0 Å². The molecule has 0 spiro atoms. The number of hydrogen-bond acceptors (Lipinski definition) is 2. The minimum absolute atomic E-state index is 0.392. The van der Waals surface area contributed by atoms with E-state index in [4.69, 9.17) is 16.6 Å². The third kappa shape index (κ3) is 2.79. The zero-order chi connectivity index (χ0) is 18.7. The van der Waals surface area contributed by atoms with E-state index in [9.17, 15) is 0 Å². The molecule has 3 nitrogen and oxygen atoms in total. The monoisotopic (exact) mass is 379 g/mol. The minimum Gasteiger partial charge on any atom is -0.342 e. The molecule has 2 saturated heterocycles. The van der Waals surface area contributed by atoms with Crippen LogP contribution in [0.25, 0.3) is 11.0 Å². The number of nitrogens with zero attached hydrogens (tertiary/aromatic N) is 2. The summed E-state index contributed by atoms with van der Waals surface area (Å²) in [4.78, 5) is 11.4. The molecule has 4 heteroatoms. The largest absolute Gasteiger partial charge is 0.342 e. The molecule has 0 saturated carbocycles. The quantitative estimate of drug-likeness (QED) is 0.631. The van der Waals surface area contributed by atoms with Gasteiger partial charge >= 0.3 is 0 Å². The van der Waals surface area contributed by atoms with E-state index in [0.717, 1.165) is 21.9 Å². The highest BCUT2D eigenvalue weighted by atomic mass is 35.5. The van der Waals surface area contributed by atoms with Gasteiger partial charge in [0.05, 0.1) is 11.0 Å². The molecule has 2 bridgehead atoms. The van der Waals surface area contributed by atoms with Crippen molar-refractivity contribution in [1.29, 1.82) is 0 Å². The number of halogens is 1. The van der Waals surface area contributed by atoms with Crippen LogP contribution in [0.2, 0.25) is 5.02 Å². The lowest BCUT2D eigenvalue weighted by Crippen LogP contribution is -2.44. The Morgan fingerprint density at radius 3 is 2.59 bits per heavy atom. The first-order valence-electron chi connectivity index (χ1n) is 9.95. The van der Waals surface area contributed by atoms with Crippen molar-refractivity contribution >= 4 is 22.6 Å². The number of aromatic nitrogens is 2. The Labute approximate surface area is 165 Å². The van der Waals surface area contributed by atoms with Gasteiger partial charge in [-0.05, 0) is 87.0 Å². The fraction of sp³-hybridized carbons (Fsp3) is 0.435. The van der Waals surface area contributed by atoms with Gasteiger partial charge < -0.3 is 4.98 Å². The molecule has 0 amide bonds. The molecule has 0 aliphatic carbocycles. The molecular formula is C23H26ClN3. The number of aryl methyl sites for hydroxylation is 2. The van der Waals surface area contributed by atoms with Crippen molar-refractivity contribution in [2.45, 2.75) is 57.0 Å². The number of nitrogens with one attached hydrogen (secondary N) is 1. The maximum Gasteiger partial charge on any atom is 0.112 e. The summed E-state index contributed by atoms with van der Waals surface area (Å²) in [6, 6.07) is 14.2. The average Bonchev–Trinajstić information content (AvgIpc) is 3.13.